The third-order valence-corrected chi connectivity index (χ3v) is 4.38. The van der Waals surface area contributed by atoms with Gasteiger partial charge in [-0.1, -0.05) is 0 Å². The molecule has 0 spiro atoms. The van der Waals surface area contributed by atoms with Gasteiger partial charge in [-0.3, -0.25) is 4.98 Å². The molecule has 2 N–H and O–H groups in total. The largest absolute Gasteiger partial charge is 0.324 e. The minimum atomic E-state index is 0.0828. The van der Waals surface area contributed by atoms with Crippen LogP contribution in [-0.4, -0.2) is 4.98 Å². The topological polar surface area (TPSA) is 38.9 Å². The summed E-state index contributed by atoms with van der Waals surface area (Å²) in [6, 6.07) is 4.57. The average Bonchev–Trinajstić information content (AvgIpc) is 2.37. The van der Waals surface area contributed by atoms with E-state index >= 15 is 0 Å². The predicted molar refractivity (Wildman–Crippen MR) is 80.5 cm³/mol. The molecule has 0 fully saturated rings. The molecule has 0 aliphatic heterocycles. The summed E-state index contributed by atoms with van der Waals surface area (Å²) in [5.74, 6) is 0. The first-order chi connectivity index (χ1) is 9.08. The molecule has 1 atom stereocenters. The van der Waals surface area contributed by atoms with Crippen LogP contribution in [0.5, 0.6) is 0 Å². The molecule has 0 saturated heterocycles. The summed E-state index contributed by atoms with van der Waals surface area (Å²) in [5.41, 5.74) is 14.1. The van der Waals surface area contributed by atoms with Crippen molar-refractivity contribution in [1.29, 1.82) is 0 Å². The van der Waals surface area contributed by atoms with Gasteiger partial charge in [0.1, 0.15) is 0 Å². The van der Waals surface area contributed by atoms with E-state index in [1.807, 2.05) is 0 Å². The Labute approximate surface area is 115 Å². The molecule has 1 aromatic carbocycles. The van der Waals surface area contributed by atoms with Crippen molar-refractivity contribution >= 4 is 10.9 Å². The Morgan fingerprint density at radius 2 is 1.79 bits per heavy atom. The molecule has 100 valence electrons. The van der Waals surface area contributed by atoms with Gasteiger partial charge in [-0.05, 0) is 80.8 Å². The molecule has 1 aromatic heterocycles. The molecular weight excluding hydrogens is 232 g/mol. The van der Waals surface area contributed by atoms with Crippen LogP contribution in [0.25, 0.3) is 10.9 Å². The van der Waals surface area contributed by atoms with Gasteiger partial charge in [-0.2, -0.15) is 0 Å². The summed E-state index contributed by atoms with van der Waals surface area (Å²) in [6.45, 7) is 6.42. The standard InChI is InChI=1S/C17H22N2/c1-10-8-14-16(9-11(10)2)19-15-7-5-4-6-13(15)17(14)12(3)18/h8-9,12H,4-7,18H2,1-3H3. The van der Waals surface area contributed by atoms with Gasteiger partial charge in [0.2, 0.25) is 0 Å². The number of aryl methyl sites for hydroxylation is 3. The van der Waals surface area contributed by atoms with Crippen LogP contribution >= 0.6 is 0 Å². The first-order valence-electron chi connectivity index (χ1n) is 7.26. The fourth-order valence-corrected chi connectivity index (χ4v) is 3.24. The molecule has 0 bridgehead atoms. The third kappa shape index (κ3) is 2.04. The van der Waals surface area contributed by atoms with E-state index in [-0.39, 0.29) is 6.04 Å². The van der Waals surface area contributed by atoms with Crippen LogP contribution in [0, 0.1) is 13.8 Å². The molecule has 0 radical (unpaired) electrons. The van der Waals surface area contributed by atoms with Crippen molar-refractivity contribution in [1.82, 2.24) is 4.98 Å². The number of hydrogen-bond acceptors (Lipinski definition) is 2. The summed E-state index contributed by atoms with van der Waals surface area (Å²) in [5, 5.41) is 1.26. The van der Waals surface area contributed by atoms with E-state index in [2.05, 4.69) is 32.9 Å². The number of aromatic nitrogens is 1. The van der Waals surface area contributed by atoms with Crippen molar-refractivity contribution < 1.29 is 0 Å². The van der Waals surface area contributed by atoms with Crippen molar-refractivity contribution in [3.8, 4) is 0 Å². The van der Waals surface area contributed by atoms with Crippen LogP contribution < -0.4 is 5.73 Å². The van der Waals surface area contributed by atoms with Gasteiger partial charge in [-0.25, -0.2) is 0 Å². The van der Waals surface area contributed by atoms with E-state index in [1.165, 1.54) is 46.2 Å². The molecule has 0 amide bonds. The van der Waals surface area contributed by atoms with E-state index in [4.69, 9.17) is 10.7 Å². The summed E-state index contributed by atoms with van der Waals surface area (Å²) in [7, 11) is 0. The zero-order valence-corrected chi connectivity index (χ0v) is 12.1. The van der Waals surface area contributed by atoms with E-state index in [1.54, 1.807) is 0 Å². The molecule has 19 heavy (non-hydrogen) atoms. The Bertz CT molecular complexity index is 641. The molecule has 1 aliphatic carbocycles. The minimum absolute atomic E-state index is 0.0828. The number of rotatable bonds is 1. The lowest BCUT2D eigenvalue weighted by atomic mass is 9.86. The fourth-order valence-electron chi connectivity index (χ4n) is 3.24. The van der Waals surface area contributed by atoms with Crippen LogP contribution in [0.2, 0.25) is 0 Å². The quantitative estimate of drug-likeness (QED) is 0.841. The van der Waals surface area contributed by atoms with Crippen LogP contribution in [0.4, 0.5) is 0 Å². The third-order valence-electron chi connectivity index (χ3n) is 4.38. The summed E-state index contributed by atoms with van der Waals surface area (Å²) in [6.07, 6.45) is 4.78. The number of hydrogen-bond donors (Lipinski definition) is 1. The number of fused-ring (bicyclic) bond motifs is 2. The monoisotopic (exact) mass is 254 g/mol. The Balaban J connectivity index is 2.39. The fraction of sp³-hybridized carbons (Fsp3) is 0.471. The maximum atomic E-state index is 6.26. The number of benzene rings is 1. The van der Waals surface area contributed by atoms with Gasteiger partial charge in [0.05, 0.1) is 5.52 Å². The lowest BCUT2D eigenvalue weighted by Crippen LogP contribution is -2.15. The van der Waals surface area contributed by atoms with E-state index in [0.29, 0.717) is 0 Å². The van der Waals surface area contributed by atoms with Gasteiger partial charge in [0, 0.05) is 17.1 Å². The maximum Gasteiger partial charge on any atom is 0.0711 e. The van der Waals surface area contributed by atoms with E-state index in [0.717, 1.165) is 18.4 Å². The predicted octanol–water partition coefficient (Wildman–Crippen LogP) is 3.75. The molecule has 0 saturated carbocycles. The highest BCUT2D eigenvalue weighted by Crippen LogP contribution is 2.33. The van der Waals surface area contributed by atoms with Crippen LogP contribution in [-0.2, 0) is 12.8 Å². The molecule has 1 heterocycles. The van der Waals surface area contributed by atoms with Crippen molar-refractivity contribution in [3.63, 3.8) is 0 Å². The number of nitrogens with two attached hydrogens (primary N) is 1. The van der Waals surface area contributed by atoms with Crippen molar-refractivity contribution in [2.75, 3.05) is 0 Å². The van der Waals surface area contributed by atoms with Crippen LogP contribution in [0.15, 0.2) is 12.1 Å². The normalized spacial score (nSPS) is 16.4. The minimum Gasteiger partial charge on any atom is -0.324 e. The Morgan fingerprint density at radius 3 is 2.53 bits per heavy atom. The average molecular weight is 254 g/mol. The first kappa shape index (κ1) is 12.6. The highest BCUT2D eigenvalue weighted by atomic mass is 14.7. The molecule has 1 aliphatic rings. The smallest absolute Gasteiger partial charge is 0.0711 e. The van der Waals surface area contributed by atoms with Gasteiger partial charge >= 0.3 is 0 Å². The highest BCUT2D eigenvalue weighted by molar-refractivity contribution is 5.86. The van der Waals surface area contributed by atoms with Gasteiger partial charge < -0.3 is 5.73 Å². The molecule has 2 nitrogen and oxygen atoms in total. The summed E-state index contributed by atoms with van der Waals surface area (Å²) >= 11 is 0. The van der Waals surface area contributed by atoms with Crippen molar-refractivity contribution in [3.05, 3.63) is 40.1 Å². The highest BCUT2D eigenvalue weighted by Gasteiger charge is 2.20. The molecular formula is C17H22N2. The zero-order valence-electron chi connectivity index (χ0n) is 12.1. The van der Waals surface area contributed by atoms with Gasteiger partial charge in [0.25, 0.3) is 0 Å². The molecule has 1 unspecified atom stereocenters. The number of pyridine rings is 1. The lowest BCUT2D eigenvalue weighted by molar-refractivity contribution is 0.655. The Hall–Kier alpha value is -1.41. The zero-order chi connectivity index (χ0) is 13.6. The van der Waals surface area contributed by atoms with E-state index in [9.17, 15) is 0 Å². The van der Waals surface area contributed by atoms with Gasteiger partial charge in [0.15, 0.2) is 0 Å². The maximum absolute atomic E-state index is 6.26. The van der Waals surface area contributed by atoms with Crippen LogP contribution in [0.3, 0.4) is 0 Å². The first-order valence-corrected chi connectivity index (χ1v) is 7.26. The Kier molecular flexibility index (Phi) is 3.06. The molecule has 2 heteroatoms. The number of nitrogens with zero attached hydrogens (tertiary/aromatic N) is 1. The lowest BCUT2D eigenvalue weighted by Gasteiger charge is -2.23. The molecule has 2 aromatic rings. The van der Waals surface area contributed by atoms with E-state index < -0.39 is 0 Å². The second-order valence-electron chi connectivity index (χ2n) is 5.90. The molecule has 3 rings (SSSR count). The summed E-state index contributed by atoms with van der Waals surface area (Å²) in [4.78, 5) is 4.91. The van der Waals surface area contributed by atoms with Gasteiger partial charge in [-0.15, -0.1) is 0 Å². The second-order valence-corrected chi connectivity index (χ2v) is 5.90. The van der Waals surface area contributed by atoms with Crippen molar-refractivity contribution in [2.24, 2.45) is 5.73 Å². The Morgan fingerprint density at radius 1 is 1.11 bits per heavy atom. The van der Waals surface area contributed by atoms with Crippen molar-refractivity contribution in [2.45, 2.75) is 52.5 Å². The second kappa shape index (κ2) is 4.61. The SMILES string of the molecule is Cc1cc2nc3c(c(C(C)N)c2cc1C)CCCC3. The van der Waals surface area contributed by atoms with Crippen LogP contribution in [0.1, 0.15) is 53.8 Å². The summed E-state index contributed by atoms with van der Waals surface area (Å²) < 4.78 is 0.